The molecular formula is C18H16N2OS2. The molecule has 23 heavy (non-hydrogen) atoms. The fraction of sp³-hybridized carbons (Fsp3) is 0.278. The van der Waals surface area contributed by atoms with Crippen molar-refractivity contribution in [3.63, 3.8) is 0 Å². The number of aliphatic imine (C=N–C) groups is 2. The van der Waals surface area contributed by atoms with Gasteiger partial charge in [0.1, 0.15) is 5.92 Å². The van der Waals surface area contributed by atoms with E-state index in [0.29, 0.717) is 5.17 Å². The molecule has 3 aliphatic rings. The normalized spacial score (nSPS) is 23.1. The van der Waals surface area contributed by atoms with Crippen LogP contribution in [0.25, 0.3) is 6.08 Å². The Hall–Kier alpha value is -1.59. The van der Waals surface area contributed by atoms with E-state index in [1.807, 2.05) is 18.2 Å². The van der Waals surface area contributed by atoms with Crippen LogP contribution in [0.2, 0.25) is 0 Å². The number of fused-ring (bicyclic) bond motifs is 2. The Morgan fingerprint density at radius 3 is 2.96 bits per heavy atom. The third-order valence-electron chi connectivity index (χ3n) is 4.11. The number of carbonyl (C=O) groups excluding carboxylic acids is 1. The van der Waals surface area contributed by atoms with Crippen molar-refractivity contribution in [1.29, 1.82) is 0 Å². The first-order valence-electron chi connectivity index (χ1n) is 7.76. The molecule has 0 spiro atoms. The highest BCUT2D eigenvalue weighted by Gasteiger charge is 2.41. The van der Waals surface area contributed by atoms with E-state index in [1.165, 1.54) is 34.2 Å². The van der Waals surface area contributed by atoms with Gasteiger partial charge >= 0.3 is 0 Å². The van der Waals surface area contributed by atoms with Crippen LogP contribution in [0.4, 0.5) is 0 Å². The summed E-state index contributed by atoms with van der Waals surface area (Å²) in [7, 11) is 0. The Bertz CT molecular complexity index is 762. The van der Waals surface area contributed by atoms with Crippen LogP contribution in [0.3, 0.4) is 0 Å². The summed E-state index contributed by atoms with van der Waals surface area (Å²) in [4.78, 5) is 22.5. The van der Waals surface area contributed by atoms with Crippen molar-refractivity contribution in [2.45, 2.75) is 19.3 Å². The van der Waals surface area contributed by atoms with Crippen molar-refractivity contribution >= 4 is 45.7 Å². The molecular weight excluding hydrogens is 324 g/mol. The molecule has 1 amide bonds. The van der Waals surface area contributed by atoms with Gasteiger partial charge in [0.25, 0.3) is 5.91 Å². The SMILES string of the molecule is O=C1N=C(SC/C=C/c2ccccc2)N=C2SC3=C(CCC3)C12. The van der Waals surface area contributed by atoms with Crippen LogP contribution in [0.15, 0.2) is 56.9 Å². The van der Waals surface area contributed by atoms with Crippen LogP contribution in [0, 0.1) is 5.92 Å². The first-order chi connectivity index (χ1) is 11.3. The molecule has 0 radical (unpaired) electrons. The van der Waals surface area contributed by atoms with Gasteiger partial charge < -0.3 is 0 Å². The average Bonchev–Trinajstić information content (AvgIpc) is 3.13. The van der Waals surface area contributed by atoms with Crippen molar-refractivity contribution in [3.8, 4) is 0 Å². The second kappa shape index (κ2) is 6.49. The molecule has 1 atom stereocenters. The maximum absolute atomic E-state index is 12.3. The molecule has 0 aromatic heterocycles. The van der Waals surface area contributed by atoms with Crippen molar-refractivity contribution in [2.75, 3.05) is 5.75 Å². The van der Waals surface area contributed by atoms with Crippen LogP contribution in [-0.4, -0.2) is 21.9 Å². The lowest BCUT2D eigenvalue weighted by atomic mass is 9.98. The Morgan fingerprint density at radius 1 is 1.22 bits per heavy atom. The molecule has 116 valence electrons. The summed E-state index contributed by atoms with van der Waals surface area (Å²) in [6.07, 6.45) is 7.47. The second-order valence-electron chi connectivity index (χ2n) is 5.64. The van der Waals surface area contributed by atoms with Gasteiger partial charge in [-0.3, -0.25) is 4.79 Å². The van der Waals surface area contributed by atoms with Gasteiger partial charge in [0.15, 0.2) is 5.17 Å². The topological polar surface area (TPSA) is 41.8 Å². The molecule has 1 unspecified atom stereocenters. The summed E-state index contributed by atoms with van der Waals surface area (Å²) in [6, 6.07) is 10.2. The standard InChI is InChI=1S/C18H16N2OS2/c21-16-15-13-9-4-10-14(13)23-17(15)20-18(19-16)22-11-5-8-12-6-2-1-3-7-12/h1-3,5-8,15H,4,9-11H2/b8-5+. The Labute approximate surface area is 144 Å². The summed E-state index contributed by atoms with van der Waals surface area (Å²) >= 11 is 3.23. The highest BCUT2D eigenvalue weighted by Crippen LogP contribution is 2.49. The third kappa shape index (κ3) is 3.08. The number of thioether (sulfide) groups is 2. The van der Waals surface area contributed by atoms with Gasteiger partial charge in [-0.05, 0) is 35.3 Å². The molecule has 3 nitrogen and oxygen atoms in total. The van der Waals surface area contributed by atoms with Gasteiger partial charge in [0, 0.05) is 5.75 Å². The lowest BCUT2D eigenvalue weighted by molar-refractivity contribution is -0.118. The molecule has 0 bridgehead atoms. The molecule has 1 aliphatic carbocycles. The van der Waals surface area contributed by atoms with E-state index in [2.05, 4.69) is 34.3 Å². The second-order valence-corrected chi connectivity index (χ2v) is 7.75. The monoisotopic (exact) mass is 340 g/mol. The number of carbonyl (C=O) groups is 1. The minimum atomic E-state index is -0.151. The molecule has 5 heteroatoms. The molecule has 0 saturated heterocycles. The molecule has 2 heterocycles. The molecule has 2 aliphatic heterocycles. The van der Waals surface area contributed by atoms with Crippen molar-refractivity contribution in [1.82, 2.24) is 0 Å². The van der Waals surface area contributed by atoms with E-state index in [4.69, 9.17) is 0 Å². The van der Waals surface area contributed by atoms with E-state index in [-0.39, 0.29) is 11.8 Å². The van der Waals surface area contributed by atoms with Gasteiger partial charge in [-0.15, -0.1) is 0 Å². The quantitative estimate of drug-likeness (QED) is 0.812. The molecule has 0 saturated carbocycles. The fourth-order valence-corrected chi connectivity index (χ4v) is 5.11. The molecule has 4 rings (SSSR count). The molecule has 0 N–H and O–H groups in total. The summed E-state index contributed by atoms with van der Waals surface area (Å²) in [6.45, 7) is 0. The van der Waals surface area contributed by atoms with Gasteiger partial charge in [-0.25, -0.2) is 4.99 Å². The zero-order valence-corrected chi connectivity index (χ0v) is 14.2. The minimum absolute atomic E-state index is 0.0241. The highest BCUT2D eigenvalue weighted by atomic mass is 32.2. The van der Waals surface area contributed by atoms with Crippen LogP contribution >= 0.6 is 23.5 Å². The Morgan fingerprint density at radius 2 is 2.09 bits per heavy atom. The summed E-state index contributed by atoms with van der Waals surface area (Å²) in [5, 5.41) is 1.55. The maximum atomic E-state index is 12.3. The first-order valence-corrected chi connectivity index (χ1v) is 9.57. The number of rotatable bonds is 3. The van der Waals surface area contributed by atoms with Gasteiger partial charge in [0.2, 0.25) is 0 Å². The van der Waals surface area contributed by atoms with Crippen molar-refractivity contribution in [3.05, 3.63) is 52.4 Å². The molecule has 1 aromatic carbocycles. The predicted octanol–water partition coefficient (Wildman–Crippen LogP) is 4.53. The Balaban J connectivity index is 1.39. The number of amides is 1. The van der Waals surface area contributed by atoms with Crippen LogP contribution < -0.4 is 0 Å². The zero-order chi connectivity index (χ0) is 15.6. The first kappa shape index (κ1) is 15.0. The lowest BCUT2D eigenvalue weighted by Crippen LogP contribution is -2.24. The smallest absolute Gasteiger partial charge is 0.262 e. The van der Waals surface area contributed by atoms with Crippen molar-refractivity contribution in [2.24, 2.45) is 15.9 Å². The summed E-state index contributed by atoms with van der Waals surface area (Å²) in [5.74, 6) is 0.589. The van der Waals surface area contributed by atoms with Crippen LogP contribution in [0.1, 0.15) is 24.8 Å². The Kier molecular flexibility index (Phi) is 4.23. The fourth-order valence-electron chi connectivity index (χ4n) is 3.05. The highest BCUT2D eigenvalue weighted by molar-refractivity contribution is 8.18. The van der Waals surface area contributed by atoms with E-state index >= 15 is 0 Å². The zero-order valence-electron chi connectivity index (χ0n) is 12.6. The van der Waals surface area contributed by atoms with Gasteiger partial charge in [-0.1, -0.05) is 66.0 Å². The third-order valence-corrected chi connectivity index (χ3v) is 6.16. The number of nitrogens with zero attached hydrogens (tertiary/aromatic N) is 2. The average molecular weight is 340 g/mol. The summed E-state index contributed by atoms with van der Waals surface area (Å²) in [5.41, 5.74) is 2.46. The summed E-state index contributed by atoms with van der Waals surface area (Å²) < 4.78 is 0. The minimum Gasteiger partial charge on any atom is -0.271 e. The number of hydrogen-bond acceptors (Lipinski definition) is 4. The van der Waals surface area contributed by atoms with Gasteiger partial charge in [-0.2, -0.15) is 4.99 Å². The molecule has 1 aromatic rings. The van der Waals surface area contributed by atoms with E-state index in [0.717, 1.165) is 23.6 Å². The maximum Gasteiger partial charge on any atom is 0.262 e. The number of amidine groups is 1. The number of allylic oxidation sites excluding steroid dienone is 1. The van der Waals surface area contributed by atoms with E-state index < -0.39 is 0 Å². The van der Waals surface area contributed by atoms with Crippen molar-refractivity contribution < 1.29 is 4.79 Å². The number of hydrogen-bond donors (Lipinski definition) is 0. The number of benzene rings is 1. The van der Waals surface area contributed by atoms with Crippen LogP contribution in [0.5, 0.6) is 0 Å². The van der Waals surface area contributed by atoms with E-state index in [1.54, 1.807) is 11.8 Å². The predicted molar refractivity (Wildman–Crippen MR) is 99.8 cm³/mol. The molecule has 0 fully saturated rings. The lowest BCUT2D eigenvalue weighted by Gasteiger charge is -2.15. The van der Waals surface area contributed by atoms with E-state index in [9.17, 15) is 4.79 Å². The van der Waals surface area contributed by atoms with Gasteiger partial charge in [0.05, 0.1) is 5.04 Å². The largest absolute Gasteiger partial charge is 0.271 e. The van der Waals surface area contributed by atoms with Crippen LogP contribution in [-0.2, 0) is 4.79 Å².